The molecule has 2 amide bonds. The first-order valence-electron chi connectivity index (χ1n) is 12.6. The second-order valence-corrected chi connectivity index (χ2v) is 11.7. The summed E-state index contributed by atoms with van der Waals surface area (Å²) in [7, 11) is 0. The molecule has 2 aliphatic heterocycles. The van der Waals surface area contributed by atoms with E-state index >= 15 is 0 Å². The van der Waals surface area contributed by atoms with Gasteiger partial charge in [-0.2, -0.15) is 13.2 Å². The Morgan fingerprint density at radius 1 is 1.18 bits per heavy atom. The largest absolute Gasteiger partial charge is 0.465 e. The molecule has 0 radical (unpaired) electrons. The number of likely N-dealkylation sites (tertiary alicyclic amines) is 2. The Balaban J connectivity index is 1.85. The molecule has 8 nitrogen and oxygen atoms in total. The molecule has 2 atom stereocenters. The van der Waals surface area contributed by atoms with Crippen LogP contribution in [-0.4, -0.2) is 70.7 Å². The molecular formula is C26H35ClF3N3O5. The van der Waals surface area contributed by atoms with Gasteiger partial charge in [0.2, 0.25) is 5.91 Å². The molecule has 2 fully saturated rings. The minimum Gasteiger partial charge on any atom is -0.465 e. The summed E-state index contributed by atoms with van der Waals surface area (Å²) in [5, 5.41) is 12.2. The lowest BCUT2D eigenvalue weighted by molar-refractivity contribution is -0.161. The van der Waals surface area contributed by atoms with Crippen LogP contribution in [0.5, 0.6) is 0 Å². The van der Waals surface area contributed by atoms with Crippen LogP contribution >= 0.6 is 11.6 Å². The first kappa shape index (κ1) is 30.0. The average Bonchev–Trinajstić information content (AvgIpc) is 3.09. The number of hydrogen-bond acceptors (Lipinski definition) is 5. The molecule has 38 heavy (non-hydrogen) atoms. The minimum absolute atomic E-state index is 0.0215. The maximum absolute atomic E-state index is 13.8. The number of carboxylic acid groups (broad SMARTS) is 1. The summed E-state index contributed by atoms with van der Waals surface area (Å²) in [5.41, 5.74) is -2.94. The molecule has 12 heteroatoms. The van der Waals surface area contributed by atoms with Crippen LogP contribution in [0.15, 0.2) is 18.2 Å². The van der Waals surface area contributed by atoms with Gasteiger partial charge < -0.3 is 20.1 Å². The highest BCUT2D eigenvalue weighted by atomic mass is 35.5. The van der Waals surface area contributed by atoms with Gasteiger partial charge in [-0.05, 0) is 57.2 Å². The highest BCUT2D eigenvalue weighted by Gasteiger charge is 2.52. The lowest BCUT2D eigenvalue weighted by Crippen LogP contribution is -2.53. The van der Waals surface area contributed by atoms with Crippen LogP contribution in [0.25, 0.3) is 0 Å². The van der Waals surface area contributed by atoms with E-state index in [1.165, 1.54) is 17.0 Å². The van der Waals surface area contributed by atoms with Crippen molar-refractivity contribution in [1.29, 1.82) is 0 Å². The van der Waals surface area contributed by atoms with E-state index in [9.17, 15) is 32.7 Å². The number of alkyl halides is 3. The second-order valence-electron chi connectivity index (χ2n) is 11.3. The van der Waals surface area contributed by atoms with Gasteiger partial charge in [0.25, 0.3) is 0 Å². The summed E-state index contributed by atoms with van der Waals surface area (Å²) >= 11 is 6.18. The zero-order valence-electron chi connectivity index (χ0n) is 22.0. The topological polar surface area (TPSA) is 99.2 Å². The molecular weight excluding hydrogens is 527 g/mol. The molecule has 0 spiro atoms. The number of amides is 2. The molecule has 2 heterocycles. The summed E-state index contributed by atoms with van der Waals surface area (Å²) in [6, 6.07) is 3.34. The van der Waals surface area contributed by atoms with Gasteiger partial charge in [-0.25, -0.2) is 4.79 Å². The molecule has 0 aromatic heterocycles. The molecule has 0 saturated carbocycles. The lowest BCUT2D eigenvalue weighted by atomic mass is 9.75. The third-order valence-electron chi connectivity index (χ3n) is 7.22. The highest BCUT2D eigenvalue weighted by Crippen LogP contribution is 2.43. The highest BCUT2D eigenvalue weighted by molar-refractivity contribution is 6.31. The van der Waals surface area contributed by atoms with Gasteiger partial charge in [0.15, 0.2) is 0 Å². The van der Waals surface area contributed by atoms with Crippen LogP contribution in [0.1, 0.15) is 58.1 Å². The fourth-order valence-corrected chi connectivity index (χ4v) is 5.53. The molecule has 2 aliphatic rings. The van der Waals surface area contributed by atoms with Crippen LogP contribution in [-0.2, 0) is 27.0 Å². The Hall–Kier alpha value is -2.53. The number of esters is 1. The number of nitrogens with zero attached hydrogens (tertiary/aromatic N) is 2. The molecule has 1 aromatic carbocycles. The van der Waals surface area contributed by atoms with E-state index < -0.39 is 34.8 Å². The van der Waals surface area contributed by atoms with Crippen LogP contribution < -0.4 is 5.32 Å². The first-order valence-corrected chi connectivity index (χ1v) is 13.0. The standard InChI is InChI=1S/C26H35ClF3N3O5/c1-16-13-32(14-18-19(26(28,29)30)6-5-7-20(18)27)15-25(16,12-21(34)38-24(2,3)4)22(35)31-17-8-10-33(11-9-17)23(36)37/h5-7,16-17H,8-15H2,1-4H3,(H,31,35)(H,36,37)/t16-,25+/m1/s1. The number of hydrogen-bond donors (Lipinski definition) is 2. The van der Waals surface area contributed by atoms with Crippen LogP contribution in [0.2, 0.25) is 5.02 Å². The van der Waals surface area contributed by atoms with E-state index in [2.05, 4.69) is 5.32 Å². The smallest absolute Gasteiger partial charge is 0.416 e. The van der Waals surface area contributed by atoms with Crippen molar-refractivity contribution in [2.24, 2.45) is 11.3 Å². The number of ether oxygens (including phenoxy) is 1. The van der Waals surface area contributed by atoms with Crippen molar-refractivity contribution >= 4 is 29.6 Å². The van der Waals surface area contributed by atoms with Gasteiger partial charge in [0, 0.05) is 43.8 Å². The van der Waals surface area contributed by atoms with Crippen molar-refractivity contribution in [3.8, 4) is 0 Å². The predicted octanol–water partition coefficient (Wildman–Crippen LogP) is 4.79. The fraction of sp³-hybridized carbons (Fsp3) is 0.654. The third-order valence-corrected chi connectivity index (χ3v) is 7.57. The van der Waals surface area contributed by atoms with Crippen LogP contribution in [0.4, 0.5) is 18.0 Å². The van der Waals surface area contributed by atoms with Crippen molar-refractivity contribution < 1.29 is 37.4 Å². The second kappa shape index (κ2) is 11.3. The van der Waals surface area contributed by atoms with Gasteiger partial charge in [-0.3, -0.25) is 14.5 Å². The molecule has 0 bridgehead atoms. The zero-order valence-corrected chi connectivity index (χ0v) is 22.8. The van der Waals surface area contributed by atoms with E-state index in [-0.39, 0.29) is 67.6 Å². The fourth-order valence-electron chi connectivity index (χ4n) is 5.30. The molecule has 1 aromatic rings. The number of carbonyl (C=O) groups excluding carboxylic acids is 2. The molecule has 3 rings (SSSR count). The summed E-state index contributed by atoms with van der Waals surface area (Å²) in [4.78, 5) is 40.9. The SMILES string of the molecule is C[C@@H]1CN(Cc2c(Cl)cccc2C(F)(F)F)C[C@]1(CC(=O)OC(C)(C)C)C(=O)NC1CCN(C(=O)O)CC1. The Kier molecular flexibility index (Phi) is 8.92. The van der Waals surface area contributed by atoms with E-state index in [1.807, 2.05) is 0 Å². The van der Waals surface area contributed by atoms with Gasteiger partial charge in [-0.15, -0.1) is 0 Å². The Bertz CT molecular complexity index is 1050. The number of nitrogens with one attached hydrogen (secondary N) is 1. The summed E-state index contributed by atoms with van der Waals surface area (Å²) in [6.07, 6.45) is -5.01. The normalized spacial score (nSPS) is 23.4. The monoisotopic (exact) mass is 561 g/mol. The van der Waals surface area contributed by atoms with E-state index in [0.717, 1.165) is 6.07 Å². The lowest BCUT2D eigenvalue weighted by Gasteiger charge is -2.36. The number of piperidine rings is 1. The van der Waals surface area contributed by atoms with Crippen molar-refractivity contribution in [2.45, 2.75) is 71.3 Å². The van der Waals surface area contributed by atoms with Crippen molar-refractivity contribution in [1.82, 2.24) is 15.1 Å². The van der Waals surface area contributed by atoms with Crippen molar-refractivity contribution in [3.05, 3.63) is 34.3 Å². The average molecular weight is 562 g/mol. The van der Waals surface area contributed by atoms with Gasteiger partial charge in [-0.1, -0.05) is 24.6 Å². The molecule has 212 valence electrons. The zero-order chi connectivity index (χ0) is 28.5. The number of rotatable bonds is 6. The number of halogens is 4. The number of carbonyl (C=O) groups is 3. The van der Waals surface area contributed by atoms with Gasteiger partial charge in [0.1, 0.15) is 5.60 Å². The van der Waals surface area contributed by atoms with Crippen molar-refractivity contribution in [2.75, 3.05) is 26.2 Å². The summed E-state index contributed by atoms with van der Waals surface area (Å²) < 4.78 is 46.6. The summed E-state index contributed by atoms with van der Waals surface area (Å²) in [5.74, 6) is -1.34. The maximum atomic E-state index is 13.8. The minimum atomic E-state index is -4.60. The predicted molar refractivity (Wildman–Crippen MR) is 135 cm³/mol. The van der Waals surface area contributed by atoms with Crippen molar-refractivity contribution in [3.63, 3.8) is 0 Å². The quantitative estimate of drug-likeness (QED) is 0.485. The third kappa shape index (κ3) is 7.11. The van der Waals surface area contributed by atoms with Gasteiger partial charge >= 0.3 is 18.2 Å². The Labute approximate surface area is 225 Å². The number of benzene rings is 1. The summed E-state index contributed by atoms with van der Waals surface area (Å²) in [6.45, 7) is 7.66. The molecule has 0 unspecified atom stereocenters. The van der Waals surface area contributed by atoms with Crippen LogP contribution in [0.3, 0.4) is 0 Å². The van der Waals surface area contributed by atoms with E-state index in [0.29, 0.717) is 12.8 Å². The van der Waals surface area contributed by atoms with E-state index in [1.54, 1.807) is 32.6 Å². The molecule has 2 N–H and O–H groups in total. The molecule has 0 aliphatic carbocycles. The Morgan fingerprint density at radius 3 is 2.37 bits per heavy atom. The Morgan fingerprint density at radius 2 is 1.82 bits per heavy atom. The molecule has 2 saturated heterocycles. The first-order chi connectivity index (χ1) is 17.5. The van der Waals surface area contributed by atoms with Crippen LogP contribution in [0, 0.1) is 11.3 Å². The van der Waals surface area contributed by atoms with E-state index in [4.69, 9.17) is 16.3 Å². The van der Waals surface area contributed by atoms with Gasteiger partial charge in [0.05, 0.1) is 17.4 Å². The maximum Gasteiger partial charge on any atom is 0.416 e.